The van der Waals surface area contributed by atoms with Gasteiger partial charge in [-0.2, -0.15) is 3.71 Å². The van der Waals surface area contributed by atoms with Crippen LogP contribution in [0.1, 0.15) is 20.7 Å². The first kappa shape index (κ1) is 22.0. The van der Waals surface area contributed by atoms with Gasteiger partial charge in [-0.25, -0.2) is 4.79 Å². The molecule has 3 aromatic carbocycles. The summed E-state index contributed by atoms with van der Waals surface area (Å²) in [5.74, 6) is -0.118. The number of methoxy groups -OCH3 is 1. The zero-order valence-corrected chi connectivity index (χ0v) is 18.8. The zero-order chi connectivity index (χ0) is 22.8. The summed E-state index contributed by atoms with van der Waals surface area (Å²) >= 11 is 8.10. The Balaban J connectivity index is 1.62. The van der Waals surface area contributed by atoms with E-state index in [0.717, 1.165) is 4.90 Å². The molecule has 0 saturated carbocycles. The zero-order valence-electron chi connectivity index (χ0n) is 17.0. The van der Waals surface area contributed by atoms with E-state index in [1.165, 1.54) is 3.71 Å². The Kier molecular flexibility index (Phi) is 6.26. The average molecular weight is 469 g/mol. The third-order valence-corrected chi connectivity index (χ3v) is 5.46. The number of hydrogen-bond donors (Lipinski definition) is 4. The van der Waals surface area contributed by atoms with Gasteiger partial charge in [0.1, 0.15) is 5.75 Å². The third-order valence-electron chi connectivity index (χ3n) is 5.06. The highest BCUT2D eigenvalue weighted by molar-refractivity contribution is 7.93. The molecule has 32 heavy (non-hydrogen) atoms. The SMILES string of the molecule is COc1ccc(NC(=O)Nc2cc3c4c(cccc4c2)C(=O)N(CCN(S)S)C3=O)cc1. The van der Waals surface area contributed by atoms with E-state index in [1.54, 1.807) is 61.7 Å². The molecule has 0 radical (unpaired) electrons. The number of carbonyl (C=O) groups is 3. The molecule has 8 nitrogen and oxygen atoms in total. The minimum absolute atomic E-state index is 0.135. The van der Waals surface area contributed by atoms with Gasteiger partial charge in [0, 0.05) is 35.4 Å². The third kappa shape index (κ3) is 4.38. The normalized spacial score (nSPS) is 12.9. The molecule has 0 spiro atoms. The van der Waals surface area contributed by atoms with E-state index in [2.05, 4.69) is 36.3 Å². The Morgan fingerprint density at radius 3 is 2.34 bits per heavy atom. The second-order valence-electron chi connectivity index (χ2n) is 7.09. The number of ether oxygens (including phenoxy) is 1. The second-order valence-corrected chi connectivity index (χ2v) is 8.37. The number of imide groups is 1. The van der Waals surface area contributed by atoms with E-state index < -0.39 is 11.9 Å². The molecule has 0 aromatic heterocycles. The van der Waals surface area contributed by atoms with Crippen LogP contribution in [0.2, 0.25) is 0 Å². The van der Waals surface area contributed by atoms with Crippen LogP contribution in [-0.2, 0) is 0 Å². The number of rotatable bonds is 6. The second kappa shape index (κ2) is 9.11. The minimum Gasteiger partial charge on any atom is -0.497 e. The number of hydrogen-bond acceptors (Lipinski definition) is 7. The van der Waals surface area contributed by atoms with E-state index in [-0.39, 0.29) is 19.0 Å². The number of amides is 4. The van der Waals surface area contributed by atoms with Crippen molar-refractivity contribution in [2.24, 2.45) is 0 Å². The number of benzene rings is 3. The number of thiol groups is 2. The van der Waals surface area contributed by atoms with E-state index >= 15 is 0 Å². The molecule has 3 aromatic rings. The number of nitrogens with one attached hydrogen (secondary N) is 2. The van der Waals surface area contributed by atoms with Crippen LogP contribution in [0.5, 0.6) is 5.75 Å². The fraction of sp³-hybridized carbons (Fsp3) is 0.136. The van der Waals surface area contributed by atoms with Crippen molar-refractivity contribution >= 4 is 65.6 Å². The van der Waals surface area contributed by atoms with E-state index in [4.69, 9.17) is 4.74 Å². The lowest BCUT2D eigenvalue weighted by Gasteiger charge is -2.28. The highest BCUT2D eigenvalue weighted by atomic mass is 32.2. The number of urea groups is 1. The molecule has 4 amide bonds. The van der Waals surface area contributed by atoms with Gasteiger partial charge in [0.25, 0.3) is 11.8 Å². The van der Waals surface area contributed by atoms with Crippen LogP contribution in [0.15, 0.2) is 54.6 Å². The molecule has 0 atom stereocenters. The number of nitrogens with zero attached hydrogens (tertiary/aromatic N) is 2. The molecular weight excluding hydrogens is 448 g/mol. The van der Waals surface area contributed by atoms with Crippen LogP contribution in [0.3, 0.4) is 0 Å². The maximum atomic E-state index is 13.1. The lowest BCUT2D eigenvalue weighted by atomic mass is 9.93. The van der Waals surface area contributed by atoms with Crippen LogP contribution >= 0.6 is 25.6 Å². The quantitative estimate of drug-likeness (QED) is 0.323. The molecule has 0 bridgehead atoms. The maximum Gasteiger partial charge on any atom is 0.323 e. The summed E-state index contributed by atoms with van der Waals surface area (Å²) in [5.41, 5.74) is 1.81. The maximum absolute atomic E-state index is 13.1. The van der Waals surface area contributed by atoms with E-state index in [0.29, 0.717) is 39.0 Å². The molecule has 0 fully saturated rings. The fourth-order valence-corrected chi connectivity index (χ4v) is 3.77. The van der Waals surface area contributed by atoms with Crippen LogP contribution in [0.25, 0.3) is 10.8 Å². The molecular formula is C22H20N4O4S2. The molecule has 0 aliphatic carbocycles. The van der Waals surface area contributed by atoms with Crippen molar-refractivity contribution in [1.82, 2.24) is 8.61 Å². The number of carbonyl (C=O) groups excluding carboxylic acids is 3. The predicted molar refractivity (Wildman–Crippen MR) is 130 cm³/mol. The molecule has 10 heteroatoms. The standard InChI is InChI=1S/C22H20N4O4S2/c1-30-16-7-5-14(6-8-16)23-22(29)24-15-11-13-3-2-4-17-19(13)18(12-15)21(28)25(20(17)27)9-10-26(31)32/h2-8,11-12,31-32H,9-10H2,1H3,(H2,23,24,29). The summed E-state index contributed by atoms with van der Waals surface area (Å²) < 4.78 is 6.41. The molecule has 1 heterocycles. The predicted octanol–water partition coefficient (Wildman–Crippen LogP) is 4.08. The van der Waals surface area contributed by atoms with Crippen molar-refractivity contribution < 1.29 is 19.1 Å². The minimum atomic E-state index is -0.463. The summed E-state index contributed by atoms with van der Waals surface area (Å²) in [6, 6.07) is 15.0. The van der Waals surface area contributed by atoms with Crippen LogP contribution in [0, 0.1) is 0 Å². The van der Waals surface area contributed by atoms with E-state index in [1.807, 2.05) is 0 Å². The molecule has 4 rings (SSSR count). The summed E-state index contributed by atoms with van der Waals surface area (Å²) in [5, 5.41) is 6.75. The lowest BCUT2D eigenvalue weighted by molar-refractivity contribution is 0.0610. The molecule has 1 aliphatic rings. The Bertz CT molecular complexity index is 1210. The van der Waals surface area contributed by atoms with Gasteiger partial charge in [-0.15, -0.1) is 0 Å². The smallest absolute Gasteiger partial charge is 0.323 e. The highest BCUT2D eigenvalue weighted by Gasteiger charge is 2.33. The average Bonchev–Trinajstić information content (AvgIpc) is 2.77. The first-order valence-electron chi connectivity index (χ1n) is 9.67. The van der Waals surface area contributed by atoms with Gasteiger partial charge < -0.3 is 15.4 Å². The van der Waals surface area contributed by atoms with Gasteiger partial charge in [-0.1, -0.05) is 37.8 Å². The topological polar surface area (TPSA) is 91.0 Å². The first-order valence-corrected chi connectivity index (χ1v) is 10.5. The van der Waals surface area contributed by atoms with Gasteiger partial charge in [-0.05, 0) is 47.9 Å². The summed E-state index contributed by atoms with van der Waals surface area (Å²) in [6.45, 7) is 0.424. The lowest BCUT2D eigenvalue weighted by Crippen LogP contribution is -2.42. The van der Waals surface area contributed by atoms with Crippen molar-refractivity contribution in [2.75, 3.05) is 30.8 Å². The van der Waals surface area contributed by atoms with Crippen LogP contribution in [-0.4, -0.2) is 46.7 Å². The first-order chi connectivity index (χ1) is 15.4. The highest BCUT2D eigenvalue weighted by Crippen LogP contribution is 2.33. The summed E-state index contributed by atoms with van der Waals surface area (Å²) in [6.07, 6.45) is 0. The van der Waals surface area contributed by atoms with Gasteiger partial charge in [0.2, 0.25) is 0 Å². The van der Waals surface area contributed by atoms with Crippen LogP contribution < -0.4 is 15.4 Å². The largest absolute Gasteiger partial charge is 0.497 e. The van der Waals surface area contributed by atoms with Gasteiger partial charge in [0.15, 0.2) is 0 Å². The van der Waals surface area contributed by atoms with Crippen LogP contribution in [0.4, 0.5) is 16.2 Å². The molecule has 0 unspecified atom stereocenters. The Morgan fingerprint density at radius 1 is 0.969 bits per heavy atom. The Hall–Kier alpha value is -3.21. The van der Waals surface area contributed by atoms with Crippen molar-refractivity contribution in [2.45, 2.75) is 0 Å². The fourth-order valence-electron chi connectivity index (χ4n) is 3.59. The van der Waals surface area contributed by atoms with Crippen molar-refractivity contribution in [3.8, 4) is 5.75 Å². The Labute approximate surface area is 195 Å². The van der Waals surface area contributed by atoms with E-state index in [9.17, 15) is 14.4 Å². The Morgan fingerprint density at radius 2 is 1.66 bits per heavy atom. The van der Waals surface area contributed by atoms with Crippen molar-refractivity contribution in [1.29, 1.82) is 0 Å². The van der Waals surface area contributed by atoms with Gasteiger partial charge in [0.05, 0.1) is 12.7 Å². The van der Waals surface area contributed by atoms with Crippen molar-refractivity contribution in [3.63, 3.8) is 0 Å². The molecule has 1 aliphatic heterocycles. The number of anilines is 2. The van der Waals surface area contributed by atoms with Crippen molar-refractivity contribution in [3.05, 3.63) is 65.7 Å². The van der Waals surface area contributed by atoms with Gasteiger partial charge in [-0.3, -0.25) is 14.5 Å². The molecule has 0 saturated heterocycles. The summed E-state index contributed by atoms with van der Waals surface area (Å²) in [4.78, 5) is 39.7. The molecule has 164 valence electrons. The van der Waals surface area contributed by atoms with Gasteiger partial charge >= 0.3 is 6.03 Å². The monoisotopic (exact) mass is 468 g/mol. The summed E-state index contributed by atoms with van der Waals surface area (Å²) in [7, 11) is 1.57. The molecule has 2 N–H and O–H groups in total.